The van der Waals surface area contributed by atoms with Crippen LogP contribution in [0.3, 0.4) is 0 Å². The van der Waals surface area contributed by atoms with E-state index in [9.17, 15) is 9.59 Å². The largest absolute Gasteiger partial charge is 0.326 e. The molecule has 2 N–H and O–H groups in total. The first-order valence-corrected chi connectivity index (χ1v) is 10.2. The molecule has 0 aliphatic carbocycles. The van der Waals surface area contributed by atoms with Gasteiger partial charge in [0.1, 0.15) is 10.1 Å². The molecule has 0 aliphatic heterocycles. The summed E-state index contributed by atoms with van der Waals surface area (Å²) in [5.74, 6) is -0.0611. The van der Waals surface area contributed by atoms with Crippen molar-refractivity contribution in [2.45, 2.75) is 21.9 Å². The number of anilines is 2. The topological polar surface area (TPSA) is 84.0 Å². The van der Waals surface area contributed by atoms with Gasteiger partial charge in [0.2, 0.25) is 11.8 Å². The van der Waals surface area contributed by atoms with Gasteiger partial charge in [-0.15, -0.1) is 0 Å². The molecule has 142 valence electrons. The molecule has 2 amide bonds. The minimum absolute atomic E-state index is 0.138. The Labute approximate surface area is 171 Å². The van der Waals surface area contributed by atoms with E-state index < -0.39 is 0 Å². The highest BCUT2D eigenvalue weighted by atomic mass is 32.2. The van der Waals surface area contributed by atoms with E-state index in [0.29, 0.717) is 16.4 Å². The number of carbonyl (C=O) groups is 2. The molecule has 1 aromatic heterocycles. The summed E-state index contributed by atoms with van der Waals surface area (Å²) < 4.78 is 0. The molecule has 0 atom stereocenters. The van der Waals surface area contributed by atoms with Crippen molar-refractivity contribution >= 4 is 46.7 Å². The Bertz CT molecular complexity index is 950. The van der Waals surface area contributed by atoms with E-state index in [1.54, 1.807) is 36.7 Å². The number of benzene rings is 2. The summed E-state index contributed by atoms with van der Waals surface area (Å²) in [6.45, 7) is 1.45. The van der Waals surface area contributed by atoms with E-state index in [1.165, 1.54) is 30.4 Å². The molecule has 0 spiro atoms. The molecule has 2 aromatic carbocycles. The van der Waals surface area contributed by atoms with Crippen LogP contribution in [0, 0.1) is 0 Å². The predicted molar refractivity (Wildman–Crippen MR) is 113 cm³/mol. The van der Waals surface area contributed by atoms with Gasteiger partial charge in [0.05, 0.1) is 5.75 Å². The number of nitrogens with zero attached hydrogens (tertiary/aromatic N) is 2. The summed E-state index contributed by atoms with van der Waals surface area (Å²) in [6.07, 6.45) is 3.27. The number of rotatable bonds is 7. The van der Waals surface area contributed by atoms with Crippen molar-refractivity contribution in [2.75, 3.05) is 16.4 Å². The van der Waals surface area contributed by atoms with Gasteiger partial charge in [0, 0.05) is 35.6 Å². The fraction of sp³-hybridized carbons (Fsp3) is 0.100. The molecular weight excluding hydrogens is 392 g/mol. The van der Waals surface area contributed by atoms with Crippen LogP contribution in [-0.4, -0.2) is 27.5 Å². The van der Waals surface area contributed by atoms with Crippen LogP contribution in [-0.2, 0) is 9.59 Å². The summed E-state index contributed by atoms with van der Waals surface area (Å²) in [6, 6.07) is 16.9. The maximum atomic E-state index is 12.3. The minimum atomic E-state index is -0.140. The summed E-state index contributed by atoms with van der Waals surface area (Å²) >= 11 is 2.86. The Balaban J connectivity index is 1.57. The van der Waals surface area contributed by atoms with Gasteiger partial charge in [-0.05, 0) is 36.4 Å². The van der Waals surface area contributed by atoms with E-state index in [2.05, 4.69) is 20.6 Å². The number of hydrogen-bond acceptors (Lipinski definition) is 6. The van der Waals surface area contributed by atoms with Crippen LogP contribution >= 0.6 is 23.5 Å². The molecule has 6 nitrogen and oxygen atoms in total. The molecular formula is C20H18N4O2S2. The first kappa shape index (κ1) is 19.9. The summed E-state index contributed by atoms with van der Waals surface area (Å²) in [7, 11) is 0. The monoisotopic (exact) mass is 410 g/mol. The molecule has 0 unspecified atom stereocenters. The SMILES string of the molecule is CC(=O)Nc1ccc(NC(=O)CSc2nccnc2Sc2ccccc2)cc1. The van der Waals surface area contributed by atoms with Crippen molar-refractivity contribution in [1.82, 2.24) is 9.97 Å². The lowest BCUT2D eigenvalue weighted by molar-refractivity contribution is -0.114. The number of thioether (sulfide) groups is 1. The van der Waals surface area contributed by atoms with Gasteiger partial charge < -0.3 is 10.6 Å². The van der Waals surface area contributed by atoms with Crippen molar-refractivity contribution in [3.8, 4) is 0 Å². The Morgan fingerprint density at radius 3 is 2.11 bits per heavy atom. The Morgan fingerprint density at radius 1 is 0.857 bits per heavy atom. The number of carbonyl (C=O) groups excluding carboxylic acids is 2. The molecule has 8 heteroatoms. The second kappa shape index (κ2) is 9.91. The first-order valence-electron chi connectivity index (χ1n) is 8.44. The zero-order chi connectivity index (χ0) is 19.8. The van der Waals surface area contributed by atoms with Crippen molar-refractivity contribution in [3.63, 3.8) is 0 Å². The third-order valence-corrected chi connectivity index (χ3v) is 5.53. The first-order chi connectivity index (χ1) is 13.6. The molecule has 3 aromatic rings. The van der Waals surface area contributed by atoms with Crippen molar-refractivity contribution in [3.05, 3.63) is 67.0 Å². The quantitative estimate of drug-likeness (QED) is 0.565. The van der Waals surface area contributed by atoms with Crippen LogP contribution in [0.4, 0.5) is 11.4 Å². The second-order valence-corrected chi connectivity index (χ2v) is 7.70. The highest BCUT2D eigenvalue weighted by molar-refractivity contribution is 8.02. The Kier molecular flexibility index (Phi) is 7.05. The van der Waals surface area contributed by atoms with Gasteiger partial charge in [-0.25, -0.2) is 9.97 Å². The normalized spacial score (nSPS) is 10.3. The van der Waals surface area contributed by atoms with Crippen LogP contribution in [0.25, 0.3) is 0 Å². The molecule has 3 rings (SSSR count). The molecule has 0 radical (unpaired) electrons. The number of nitrogens with one attached hydrogen (secondary N) is 2. The predicted octanol–water partition coefficient (Wildman–Crippen LogP) is 4.32. The molecule has 0 bridgehead atoms. The van der Waals surface area contributed by atoms with E-state index in [0.717, 1.165) is 9.92 Å². The fourth-order valence-electron chi connectivity index (χ4n) is 2.25. The fourth-order valence-corrected chi connectivity index (χ4v) is 3.98. The Morgan fingerprint density at radius 2 is 1.46 bits per heavy atom. The summed E-state index contributed by atoms with van der Waals surface area (Å²) in [5, 5.41) is 7.00. The van der Waals surface area contributed by atoms with Crippen LogP contribution in [0.1, 0.15) is 6.92 Å². The molecule has 28 heavy (non-hydrogen) atoms. The van der Waals surface area contributed by atoms with Gasteiger partial charge in [-0.1, -0.05) is 41.7 Å². The van der Waals surface area contributed by atoms with Crippen LogP contribution in [0.5, 0.6) is 0 Å². The second-order valence-electron chi connectivity index (χ2n) is 5.68. The molecule has 0 saturated carbocycles. The maximum Gasteiger partial charge on any atom is 0.234 e. The minimum Gasteiger partial charge on any atom is -0.326 e. The molecule has 0 fully saturated rings. The van der Waals surface area contributed by atoms with E-state index in [4.69, 9.17) is 0 Å². The average Bonchev–Trinajstić information content (AvgIpc) is 2.69. The zero-order valence-electron chi connectivity index (χ0n) is 15.1. The van der Waals surface area contributed by atoms with Gasteiger partial charge in [-0.2, -0.15) is 0 Å². The molecule has 0 saturated heterocycles. The van der Waals surface area contributed by atoms with Crippen LogP contribution in [0.2, 0.25) is 0 Å². The summed E-state index contributed by atoms with van der Waals surface area (Å²) in [4.78, 5) is 33.1. The number of aromatic nitrogens is 2. The smallest absolute Gasteiger partial charge is 0.234 e. The lowest BCUT2D eigenvalue weighted by atomic mass is 10.3. The highest BCUT2D eigenvalue weighted by Crippen LogP contribution is 2.32. The van der Waals surface area contributed by atoms with E-state index in [1.807, 2.05) is 30.3 Å². The van der Waals surface area contributed by atoms with Gasteiger partial charge in [-0.3, -0.25) is 9.59 Å². The third kappa shape index (κ3) is 6.11. The van der Waals surface area contributed by atoms with Crippen molar-refractivity contribution in [1.29, 1.82) is 0 Å². The zero-order valence-corrected chi connectivity index (χ0v) is 16.7. The lowest BCUT2D eigenvalue weighted by Gasteiger charge is -2.08. The van der Waals surface area contributed by atoms with Gasteiger partial charge >= 0.3 is 0 Å². The maximum absolute atomic E-state index is 12.3. The highest BCUT2D eigenvalue weighted by Gasteiger charge is 2.11. The van der Waals surface area contributed by atoms with Crippen LogP contribution < -0.4 is 10.6 Å². The molecule has 1 heterocycles. The van der Waals surface area contributed by atoms with E-state index >= 15 is 0 Å². The number of hydrogen-bond donors (Lipinski definition) is 2. The Hall–Kier alpha value is -2.84. The average molecular weight is 411 g/mol. The molecule has 0 aliphatic rings. The van der Waals surface area contributed by atoms with Crippen molar-refractivity contribution < 1.29 is 9.59 Å². The number of amides is 2. The summed E-state index contributed by atoms with van der Waals surface area (Å²) in [5.41, 5.74) is 1.35. The third-order valence-electron chi connectivity index (χ3n) is 3.42. The standard InChI is InChI=1S/C20H18N4O2S2/c1-14(25)23-15-7-9-16(10-8-15)24-18(26)13-27-19-20(22-12-11-21-19)28-17-5-3-2-4-6-17/h2-12H,13H2,1H3,(H,23,25)(H,24,26). The van der Waals surface area contributed by atoms with E-state index in [-0.39, 0.29) is 17.6 Å². The lowest BCUT2D eigenvalue weighted by Crippen LogP contribution is -2.14. The van der Waals surface area contributed by atoms with Gasteiger partial charge in [0.15, 0.2) is 0 Å². The van der Waals surface area contributed by atoms with Crippen molar-refractivity contribution in [2.24, 2.45) is 0 Å². The van der Waals surface area contributed by atoms with Crippen LogP contribution in [0.15, 0.2) is 81.9 Å². The van der Waals surface area contributed by atoms with Gasteiger partial charge in [0.25, 0.3) is 0 Å².